The van der Waals surface area contributed by atoms with E-state index < -0.39 is 0 Å². The highest BCUT2D eigenvalue weighted by Crippen LogP contribution is 2.31. The van der Waals surface area contributed by atoms with Gasteiger partial charge in [0.25, 0.3) is 0 Å². The van der Waals surface area contributed by atoms with Gasteiger partial charge in [0.05, 0.1) is 24.3 Å². The van der Waals surface area contributed by atoms with Gasteiger partial charge in [-0.1, -0.05) is 0 Å². The summed E-state index contributed by atoms with van der Waals surface area (Å²) in [5, 5.41) is 13.2. The first-order chi connectivity index (χ1) is 6.74. The van der Waals surface area contributed by atoms with Crippen LogP contribution in [0, 0.1) is 16.7 Å². The Hall–Kier alpha value is -1.34. The lowest BCUT2D eigenvalue weighted by molar-refractivity contribution is 0.171. The lowest BCUT2D eigenvalue weighted by atomic mass is 9.83. The molecule has 1 fully saturated rings. The molecule has 1 saturated heterocycles. The van der Waals surface area contributed by atoms with Crippen molar-refractivity contribution in [1.29, 1.82) is 5.26 Å². The van der Waals surface area contributed by atoms with Gasteiger partial charge in [-0.05, 0) is 18.4 Å². The zero-order valence-corrected chi connectivity index (χ0v) is 8.23. The van der Waals surface area contributed by atoms with Crippen molar-refractivity contribution in [2.45, 2.75) is 12.8 Å². The highest BCUT2D eigenvalue weighted by atomic mass is 16.5. The van der Waals surface area contributed by atoms with E-state index in [1.165, 1.54) is 0 Å². The molecule has 1 aliphatic rings. The monoisotopic (exact) mass is 191 g/mol. The van der Waals surface area contributed by atoms with E-state index in [0.717, 1.165) is 18.4 Å². The fraction of sp³-hybridized carbons (Fsp3) is 0.600. The van der Waals surface area contributed by atoms with Crippen LogP contribution >= 0.6 is 0 Å². The lowest BCUT2D eigenvalue weighted by Gasteiger charge is -2.16. The summed E-state index contributed by atoms with van der Waals surface area (Å²) in [4.78, 5) is 0. The molecule has 0 bridgehead atoms. The van der Waals surface area contributed by atoms with Crippen molar-refractivity contribution in [3.8, 4) is 6.07 Å². The number of nitrogens with zero attached hydrogens (tertiary/aromatic N) is 3. The Morgan fingerprint density at radius 1 is 1.79 bits per heavy atom. The summed E-state index contributed by atoms with van der Waals surface area (Å²) in [6.45, 7) is 1.26. The predicted octanol–water partition coefficient (Wildman–Crippen LogP) is 0.893. The SMILES string of the molecule is Cn1cc(CC2(C#N)CCOC2)cn1. The van der Waals surface area contributed by atoms with Crippen molar-refractivity contribution in [2.24, 2.45) is 12.5 Å². The predicted molar refractivity (Wildman–Crippen MR) is 50.4 cm³/mol. The second-order valence-electron chi connectivity index (χ2n) is 3.89. The van der Waals surface area contributed by atoms with Crippen LogP contribution in [-0.4, -0.2) is 23.0 Å². The minimum absolute atomic E-state index is 0.316. The van der Waals surface area contributed by atoms with Gasteiger partial charge in [0, 0.05) is 19.9 Å². The Kier molecular flexibility index (Phi) is 2.26. The van der Waals surface area contributed by atoms with E-state index >= 15 is 0 Å². The van der Waals surface area contributed by atoms with E-state index in [4.69, 9.17) is 10.00 Å². The van der Waals surface area contributed by atoms with Crippen LogP contribution in [0.2, 0.25) is 0 Å². The van der Waals surface area contributed by atoms with Gasteiger partial charge >= 0.3 is 0 Å². The molecule has 74 valence electrons. The Labute approximate surface area is 83.1 Å². The van der Waals surface area contributed by atoms with E-state index in [0.29, 0.717) is 13.2 Å². The summed E-state index contributed by atoms with van der Waals surface area (Å²) in [5.74, 6) is 0. The standard InChI is InChI=1S/C10H13N3O/c1-13-6-9(5-12-13)4-10(7-11)2-3-14-8-10/h5-6H,2-4,8H2,1H3. The van der Waals surface area contributed by atoms with Crippen molar-refractivity contribution >= 4 is 0 Å². The summed E-state index contributed by atoms with van der Waals surface area (Å²) >= 11 is 0. The lowest BCUT2D eigenvalue weighted by Crippen LogP contribution is -2.21. The largest absolute Gasteiger partial charge is 0.380 e. The average Bonchev–Trinajstić information content (AvgIpc) is 2.77. The maximum absolute atomic E-state index is 9.13. The molecule has 0 N–H and O–H groups in total. The zero-order chi connectivity index (χ0) is 10.0. The molecule has 1 atom stereocenters. The molecule has 1 unspecified atom stereocenters. The van der Waals surface area contributed by atoms with Crippen LogP contribution in [0.1, 0.15) is 12.0 Å². The van der Waals surface area contributed by atoms with Gasteiger partial charge in [-0.3, -0.25) is 4.68 Å². The first-order valence-electron chi connectivity index (χ1n) is 4.71. The quantitative estimate of drug-likeness (QED) is 0.697. The van der Waals surface area contributed by atoms with Crippen LogP contribution in [0.3, 0.4) is 0 Å². The number of aryl methyl sites for hydroxylation is 1. The van der Waals surface area contributed by atoms with Crippen molar-refractivity contribution in [2.75, 3.05) is 13.2 Å². The molecular formula is C10H13N3O. The van der Waals surface area contributed by atoms with Crippen molar-refractivity contribution < 1.29 is 4.74 Å². The third-order valence-electron chi connectivity index (χ3n) is 2.64. The highest BCUT2D eigenvalue weighted by molar-refractivity contribution is 5.14. The molecule has 0 radical (unpaired) electrons. The van der Waals surface area contributed by atoms with Gasteiger partial charge < -0.3 is 4.74 Å². The summed E-state index contributed by atoms with van der Waals surface area (Å²) in [6.07, 6.45) is 5.35. The molecule has 1 aliphatic heterocycles. The van der Waals surface area contributed by atoms with E-state index in [2.05, 4.69) is 11.2 Å². The number of aromatic nitrogens is 2. The fourth-order valence-electron chi connectivity index (χ4n) is 1.83. The molecule has 1 aromatic heterocycles. The van der Waals surface area contributed by atoms with Gasteiger partial charge in [0.15, 0.2) is 0 Å². The van der Waals surface area contributed by atoms with Crippen molar-refractivity contribution in [1.82, 2.24) is 9.78 Å². The number of rotatable bonds is 2. The van der Waals surface area contributed by atoms with E-state index in [1.54, 1.807) is 4.68 Å². The Morgan fingerprint density at radius 2 is 2.64 bits per heavy atom. The minimum atomic E-state index is -0.316. The fourth-order valence-corrected chi connectivity index (χ4v) is 1.83. The molecule has 0 spiro atoms. The smallest absolute Gasteiger partial charge is 0.0869 e. The van der Waals surface area contributed by atoms with Gasteiger partial charge in [0.1, 0.15) is 0 Å². The summed E-state index contributed by atoms with van der Waals surface area (Å²) in [7, 11) is 1.88. The summed E-state index contributed by atoms with van der Waals surface area (Å²) < 4.78 is 7.04. The number of hydrogen-bond donors (Lipinski definition) is 0. The van der Waals surface area contributed by atoms with E-state index in [9.17, 15) is 0 Å². The van der Waals surface area contributed by atoms with Gasteiger partial charge in [-0.15, -0.1) is 0 Å². The van der Waals surface area contributed by atoms with Gasteiger partial charge in [0.2, 0.25) is 0 Å². The maximum atomic E-state index is 9.13. The van der Waals surface area contributed by atoms with Crippen LogP contribution in [0.15, 0.2) is 12.4 Å². The number of nitriles is 1. The third-order valence-corrected chi connectivity index (χ3v) is 2.64. The first-order valence-corrected chi connectivity index (χ1v) is 4.71. The molecular weight excluding hydrogens is 178 g/mol. The topological polar surface area (TPSA) is 50.8 Å². The highest BCUT2D eigenvalue weighted by Gasteiger charge is 2.35. The molecule has 0 saturated carbocycles. The van der Waals surface area contributed by atoms with Crippen LogP contribution in [0.25, 0.3) is 0 Å². The van der Waals surface area contributed by atoms with Crippen LogP contribution in [0.5, 0.6) is 0 Å². The molecule has 4 nitrogen and oxygen atoms in total. The van der Waals surface area contributed by atoms with Crippen LogP contribution in [0.4, 0.5) is 0 Å². The van der Waals surface area contributed by atoms with Crippen LogP contribution < -0.4 is 0 Å². The Bertz CT molecular complexity index is 358. The average molecular weight is 191 g/mol. The number of ether oxygens (including phenoxy) is 1. The Balaban J connectivity index is 2.13. The first kappa shape index (κ1) is 9.22. The normalized spacial score (nSPS) is 26.3. The second-order valence-corrected chi connectivity index (χ2v) is 3.89. The number of hydrogen-bond acceptors (Lipinski definition) is 3. The molecule has 14 heavy (non-hydrogen) atoms. The minimum Gasteiger partial charge on any atom is -0.380 e. The molecule has 0 aromatic carbocycles. The van der Waals surface area contributed by atoms with E-state index in [1.807, 2.05) is 19.4 Å². The van der Waals surface area contributed by atoms with Gasteiger partial charge in [-0.25, -0.2) is 0 Å². The van der Waals surface area contributed by atoms with Crippen LogP contribution in [-0.2, 0) is 18.2 Å². The zero-order valence-electron chi connectivity index (χ0n) is 8.23. The van der Waals surface area contributed by atoms with Crippen molar-refractivity contribution in [3.05, 3.63) is 18.0 Å². The Morgan fingerprint density at radius 3 is 3.14 bits per heavy atom. The molecule has 2 heterocycles. The van der Waals surface area contributed by atoms with Gasteiger partial charge in [-0.2, -0.15) is 10.4 Å². The van der Waals surface area contributed by atoms with Crippen molar-refractivity contribution in [3.63, 3.8) is 0 Å². The molecule has 4 heteroatoms. The maximum Gasteiger partial charge on any atom is 0.0869 e. The third kappa shape index (κ3) is 1.64. The summed E-state index contributed by atoms with van der Waals surface area (Å²) in [5.41, 5.74) is 0.794. The summed E-state index contributed by atoms with van der Waals surface area (Å²) in [6, 6.07) is 2.37. The van der Waals surface area contributed by atoms with E-state index in [-0.39, 0.29) is 5.41 Å². The molecule has 2 rings (SSSR count). The second kappa shape index (κ2) is 3.43. The molecule has 0 amide bonds. The molecule has 1 aromatic rings. The molecule has 0 aliphatic carbocycles.